The van der Waals surface area contributed by atoms with Crippen molar-refractivity contribution in [2.45, 2.75) is 70.5 Å². The van der Waals surface area contributed by atoms with Crippen molar-refractivity contribution in [3.8, 4) is 0 Å². The van der Waals surface area contributed by atoms with Crippen molar-refractivity contribution in [3.63, 3.8) is 0 Å². The highest BCUT2D eigenvalue weighted by Gasteiger charge is 2.31. The summed E-state index contributed by atoms with van der Waals surface area (Å²) >= 11 is 1.43. The van der Waals surface area contributed by atoms with E-state index >= 15 is 0 Å². The van der Waals surface area contributed by atoms with Crippen molar-refractivity contribution >= 4 is 29.4 Å². The lowest BCUT2D eigenvalue weighted by molar-refractivity contribution is -0.137. The molecule has 6 nitrogen and oxygen atoms in total. The van der Waals surface area contributed by atoms with Crippen LogP contribution in [0.25, 0.3) is 0 Å². The van der Waals surface area contributed by atoms with Crippen molar-refractivity contribution in [1.29, 1.82) is 0 Å². The highest BCUT2D eigenvalue weighted by atomic mass is 32.2. The van der Waals surface area contributed by atoms with E-state index in [-0.39, 0.29) is 23.0 Å². The van der Waals surface area contributed by atoms with Crippen LogP contribution in [0.1, 0.15) is 67.9 Å². The van der Waals surface area contributed by atoms with Gasteiger partial charge in [0.15, 0.2) is 5.78 Å². The predicted molar refractivity (Wildman–Crippen MR) is 133 cm³/mol. The van der Waals surface area contributed by atoms with Gasteiger partial charge in [-0.2, -0.15) is 13.2 Å². The highest BCUT2D eigenvalue weighted by molar-refractivity contribution is 7.99. The maximum Gasteiger partial charge on any atom is 0.416 e. The molecule has 0 spiro atoms. The molecule has 0 saturated heterocycles. The standard InChI is InChI=1S/C26H33F3N2O4S/c1-4-5-6-21(23(32)16-36-15-18-11-12-35-14-18)30-25(34)22(13-17(2)3)31-24(33)19-7-9-20(10-8-19)26(27,28)29/h7-12,14,17,21-22H,4-6,13,15-16H2,1-3H3,(H,30,34)(H,31,33)/t21-,22-/m0/s1. The maximum absolute atomic E-state index is 13.1. The summed E-state index contributed by atoms with van der Waals surface area (Å²) in [6, 6.07) is 4.01. The number of benzene rings is 1. The molecular formula is C26H33F3N2O4S. The molecule has 2 amide bonds. The van der Waals surface area contributed by atoms with Gasteiger partial charge in [0, 0.05) is 16.9 Å². The third-order valence-corrected chi connectivity index (χ3v) is 6.47. The van der Waals surface area contributed by atoms with Crippen LogP contribution in [0.3, 0.4) is 0 Å². The van der Waals surface area contributed by atoms with Crippen LogP contribution in [-0.4, -0.2) is 35.4 Å². The lowest BCUT2D eigenvalue weighted by atomic mass is 10.0. The van der Waals surface area contributed by atoms with E-state index in [2.05, 4.69) is 10.6 Å². The summed E-state index contributed by atoms with van der Waals surface area (Å²) < 4.78 is 43.5. The largest absolute Gasteiger partial charge is 0.472 e. The van der Waals surface area contributed by atoms with Crippen molar-refractivity contribution in [3.05, 3.63) is 59.5 Å². The van der Waals surface area contributed by atoms with Crippen LogP contribution < -0.4 is 10.6 Å². The summed E-state index contributed by atoms with van der Waals surface area (Å²) in [6.45, 7) is 5.76. The molecule has 0 saturated carbocycles. The number of Topliss-reactive ketones (excluding diaryl/α,β-unsaturated/α-hetero) is 1. The molecule has 36 heavy (non-hydrogen) atoms. The van der Waals surface area contributed by atoms with Gasteiger partial charge < -0.3 is 15.1 Å². The van der Waals surface area contributed by atoms with Crippen LogP contribution in [0.5, 0.6) is 0 Å². The molecule has 0 aliphatic heterocycles. The number of ketones is 1. The molecule has 10 heteroatoms. The van der Waals surface area contributed by atoms with Gasteiger partial charge in [0.05, 0.1) is 29.9 Å². The van der Waals surface area contributed by atoms with Crippen LogP contribution in [0, 0.1) is 5.92 Å². The number of rotatable bonds is 14. The molecule has 0 aliphatic carbocycles. The summed E-state index contributed by atoms with van der Waals surface area (Å²) in [6.07, 6.45) is 1.06. The minimum atomic E-state index is -4.51. The van der Waals surface area contributed by atoms with Gasteiger partial charge in [0.25, 0.3) is 5.91 Å². The van der Waals surface area contributed by atoms with Gasteiger partial charge in [-0.15, -0.1) is 11.8 Å². The summed E-state index contributed by atoms with van der Waals surface area (Å²) in [4.78, 5) is 38.7. The van der Waals surface area contributed by atoms with Crippen molar-refractivity contribution in [1.82, 2.24) is 10.6 Å². The van der Waals surface area contributed by atoms with Gasteiger partial charge in [-0.1, -0.05) is 33.6 Å². The molecule has 0 aliphatic rings. The van der Waals surface area contributed by atoms with Crippen LogP contribution in [-0.2, 0) is 21.5 Å². The van der Waals surface area contributed by atoms with E-state index in [4.69, 9.17) is 4.42 Å². The smallest absolute Gasteiger partial charge is 0.416 e. The van der Waals surface area contributed by atoms with Gasteiger partial charge in [-0.25, -0.2) is 0 Å². The van der Waals surface area contributed by atoms with Crippen LogP contribution in [0.2, 0.25) is 0 Å². The molecule has 0 fully saturated rings. The van der Waals surface area contributed by atoms with E-state index in [0.717, 1.165) is 42.7 Å². The number of amides is 2. The third kappa shape index (κ3) is 9.72. The Morgan fingerprint density at radius 2 is 1.72 bits per heavy atom. The first-order valence-corrected chi connectivity index (χ1v) is 13.1. The number of hydrogen-bond donors (Lipinski definition) is 2. The molecule has 2 atom stereocenters. The van der Waals surface area contributed by atoms with E-state index in [1.807, 2.05) is 26.8 Å². The number of furan rings is 1. The van der Waals surface area contributed by atoms with Gasteiger partial charge in [0.2, 0.25) is 5.91 Å². The monoisotopic (exact) mass is 526 g/mol. The number of unbranched alkanes of at least 4 members (excludes halogenated alkanes) is 1. The molecule has 1 heterocycles. The van der Waals surface area contributed by atoms with Gasteiger partial charge in [-0.05, 0) is 49.1 Å². The first-order valence-electron chi connectivity index (χ1n) is 11.9. The maximum atomic E-state index is 13.1. The Labute approximate surface area is 213 Å². The molecule has 2 N–H and O–H groups in total. The first kappa shape index (κ1) is 29.5. The zero-order valence-corrected chi connectivity index (χ0v) is 21.5. The minimum absolute atomic E-state index is 0.0128. The Morgan fingerprint density at radius 1 is 1.03 bits per heavy atom. The lowest BCUT2D eigenvalue weighted by Gasteiger charge is -2.24. The Hall–Kier alpha value is -2.75. The molecule has 198 valence electrons. The Kier molecular flexibility index (Phi) is 11.6. The lowest BCUT2D eigenvalue weighted by Crippen LogP contribution is -2.52. The van der Waals surface area contributed by atoms with E-state index in [1.54, 1.807) is 12.5 Å². The fraction of sp³-hybridized carbons (Fsp3) is 0.500. The predicted octanol–water partition coefficient (Wildman–Crippen LogP) is 5.62. The number of nitrogens with one attached hydrogen (secondary N) is 2. The van der Waals surface area contributed by atoms with E-state index in [0.29, 0.717) is 18.6 Å². The van der Waals surface area contributed by atoms with Gasteiger partial charge >= 0.3 is 6.18 Å². The number of carbonyl (C=O) groups is 3. The molecular weight excluding hydrogens is 493 g/mol. The average molecular weight is 527 g/mol. The van der Waals surface area contributed by atoms with E-state index < -0.39 is 35.6 Å². The molecule has 0 radical (unpaired) electrons. The Morgan fingerprint density at radius 3 is 2.28 bits per heavy atom. The first-order chi connectivity index (χ1) is 17.0. The minimum Gasteiger partial charge on any atom is -0.472 e. The fourth-order valence-electron chi connectivity index (χ4n) is 3.49. The molecule has 1 aromatic heterocycles. The number of thioether (sulfide) groups is 1. The topological polar surface area (TPSA) is 88.4 Å². The highest BCUT2D eigenvalue weighted by Crippen LogP contribution is 2.29. The average Bonchev–Trinajstić information content (AvgIpc) is 3.33. The van der Waals surface area contributed by atoms with Crippen LogP contribution in [0.15, 0.2) is 47.3 Å². The molecule has 2 rings (SSSR count). The van der Waals surface area contributed by atoms with E-state index in [1.165, 1.54) is 11.8 Å². The fourth-order valence-corrected chi connectivity index (χ4v) is 4.40. The molecule has 0 bridgehead atoms. The van der Waals surface area contributed by atoms with Crippen molar-refractivity contribution in [2.75, 3.05) is 5.75 Å². The molecule has 1 aromatic carbocycles. The summed E-state index contributed by atoms with van der Waals surface area (Å²) in [5.41, 5.74) is 0.113. The second-order valence-electron chi connectivity index (χ2n) is 9.02. The van der Waals surface area contributed by atoms with Crippen LogP contribution >= 0.6 is 11.8 Å². The zero-order valence-electron chi connectivity index (χ0n) is 20.7. The number of carbonyl (C=O) groups excluding carboxylic acids is 3. The second-order valence-corrected chi connectivity index (χ2v) is 10.0. The summed E-state index contributed by atoms with van der Waals surface area (Å²) in [5.74, 6) is -0.385. The second kappa shape index (κ2) is 14.1. The summed E-state index contributed by atoms with van der Waals surface area (Å²) in [5, 5.41) is 5.43. The quantitative estimate of drug-likeness (QED) is 0.334. The van der Waals surface area contributed by atoms with Crippen LogP contribution in [0.4, 0.5) is 13.2 Å². The Bertz CT molecular complexity index is 976. The number of halogens is 3. The molecule has 0 unspecified atom stereocenters. The zero-order chi connectivity index (χ0) is 26.7. The third-order valence-electron chi connectivity index (χ3n) is 5.45. The van der Waals surface area contributed by atoms with E-state index in [9.17, 15) is 27.6 Å². The molecule has 2 aromatic rings. The van der Waals surface area contributed by atoms with Gasteiger partial charge in [-0.3, -0.25) is 14.4 Å². The number of alkyl halides is 3. The van der Waals surface area contributed by atoms with Crippen molar-refractivity contribution in [2.24, 2.45) is 5.92 Å². The SMILES string of the molecule is CCCC[C@H](NC(=O)[C@H](CC(C)C)NC(=O)c1ccc(C(F)(F)F)cc1)C(=O)CSCc1ccoc1. The Balaban J connectivity index is 2.05. The van der Waals surface area contributed by atoms with Crippen molar-refractivity contribution < 1.29 is 32.0 Å². The van der Waals surface area contributed by atoms with Gasteiger partial charge in [0.1, 0.15) is 6.04 Å². The normalized spacial score (nSPS) is 13.3. The number of hydrogen-bond acceptors (Lipinski definition) is 5. The summed E-state index contributed by atoms with van der Waals surface area (Å²) in [7, 11) is 0.